The number of nitriles is 1. The molecule has 0 N–H and O–H groups in total. The van der Waals surface area contributed by atoms with Gasteiger partial charge >= 0.3 is 0 Å². The van der Waals surface area contributed by atoms with Gasteiger partial charge in [-0.3, -0.25) is 0 Å². The third-order valence-corrected chi connectivity index (χ3v) is 14.5. The van der Waals surface area contributed by atoms with Crippen molar-refractivity contribution in [2.75, 3.05) is 0 Å². The quantitative estimate of drug-likeness (QED) is 0.166. The molecule has 0 saturated carbocycles. The fourth-order valence-electron chi connectivity index (χ4n) is 11.4. The lowest BCUT2D eigenvalue weighted by Gasteiger charge is -2.14. The molecule has 0 amide bonds. The van der Waals surface area contributed by atoms with Crippen LogP contribution in [0.3, 0.4) is 0 Å². The van der Waals surface area contributed by atoms with E-state index in [4.69, 9.17) is 14.4 Å². The summed E-state index contributed by atoms with van der Waals surface area (Å²) in [6.45, 7) is 0. The van der Waals surface area contributed by atoms with Gasteiger partial charge in [-0.15, -0.1) is 0 Å². The van der Waals surface area contributed by atoms with Crippen LogP contribution in [0.25, 0.3) is 138 Å². The van der Waals surface area contributed by atoms with Gasteiger partial charge in [0.15, 0.2) is 11.4 Å². The normalized spacial score (nSPS) is 11.9. The molecule has 0 bridgehead atoms. The summed E-state index contributed by atoms with van der Waals surface area (Å²) in [6.07, 6.45) is 0. The van der Waals surface area contributed by atoms with Gasteiger partial charge in [0, 0.05) is 71.2 Å². The zero-order chi connectivity index (χ0) is 47.4. The molecule has 0 aliphatic rings. The fraction of sp³-hybridized carbons (Fsp3) is 0. The molecule has 0 spiro atoms. The van der Waals surface area contributed by atoms with E-state index in [1.807, 2.05) is 78.9 Å². The number of fused-ring (bicyclic) bond motifs is 12. The number of hydrogen-bond donors (Lipinski definition) is 0. The first kappa shape index (κ1) is 39.9. The second kappa shape index (κ2) is 15.5. The highest BCUT2D eigenvalue weighted by Gasteiger charge is 2.26. The highest BCUT2D eigenvalue weighted by molar-refractivity contribution is 6.21. The maximum Gasteiger partial charge on any atom is 0.161 e. The van der Waals surface area contributed by atoms with Crippen LogP contribution in [0, 0.1) is 11.3 Å². The first-order chi connectivity index (χ1) is 35.7. The van der Waals surface area contributed by atoms with E-state index in [1.54, 1.807) is 0 Å². The molecule has 0 aliphatic heterocycles. The smallest absolute Gasteiger partial charge is 0.161 e. The molecule has 0 atom stereocenters. The average Bonchev–Trinajstić information content (AvgIpc) is 4.19. The largest absolute Gasteiger partial charge is 0.454 e. The van der Waals surface area contributed by atoms with Crippen LogP contribution in [0.4, 0.5) is 0 Å². The van der Waals surface area contributed by atoms with Crippen molar-refractivity contribution in [1.82, 2.24) is 23.7 Å². The Hall–Kier alpha value is -10.0. The minimum absolute atomic E-state index is 0.422. The molecule has 0 aliphatic carbocycles. The van der Waals surface area contributed by atoms with E-state index in [2.05, 4.69) is 171 Å². The van der Waals surface area contributed by atoms with Gasteiger partial charge in [0.1, 0.15) is 17.2 Å². The molecular weight excluding hydrogens is 881 g/mol. The zero-order valence-corrected chi connectivity index (χ0v) is 38.5. The van der Waals surface area contributed by atoms with Gasteiger partial charge in [-0.05, 0) is 78.9 Å². The second-order valence-electron chi connectivity index (χ2n) is 18.4. The predicted octanol–water partition coefficient (Wildman–Crippen LogP) is 16.5. The van der Waals surface area contributed by atoms with Crippen molar-refractivity contribution in [3.63, 3.8) is 0 Å². The summed E-state index contributed by atoms with van der Waals surface area (Å²) in [5.41, 5.74) is 15.2. The van der Waals surface area contributed by atoms with Gasteiger partial charge in [-0.25, -0.2) is 9.97 Å². The Balaban J connectivity index is 1.06. The summed E-state index contributed by atoms with van der Waals surface area (Å²) in [5.74, 6) is 0.502. The molecule has 0 unspecified atom stereocenters. The van der Waals surface area contributed by atoms with Crippen LogP contribution in [-0.4, -0.2) is 23.7 Å². The van der Waals surface area contributed by atoms with Crippen molar-refractivity contribution < 1.29 is 4.42 Å². The van der Waals surface area contributed by atoms with Crippen LogP contribution in [0.5, 0.6) is 0 Å². The summed E-state index contributed by atoms with van der Waals surface area (Å²) in [6, 6.07) is 83.1. The van der Waals surface area contributed by atoms with E-state index < -0.39 is 0 Å². The topological polar surface area (TPSA) is 77.5 Å². The molecule has 0 saturated heterocycles. The summed E-state index contributed by atoms with van der Waals surface area (Å²) in [5, 5.41) is 19.7. The van der Waals surface area contributed by atoms with Crippen molar-refractivity contribution in [3.8, 4) is 57.0 Å². The molecule has 72 heavy (non-hydrogen) atoms. The van der Waals surface area contributed by atoms with Gasteiger partial charge in [-0.2, -0.15) is 5.26 Å². The number of aromatic nitrogens is 5. The van der Waals surface area contributed by atoms with Gasteiger partial charge in [0.05, 0.1) is 50.2 Å². The Morgan fingerprint density at radius 3 is 1.49 bits per heavy atom. The van der Waals surface area contributed by atoms with E-state index in [1.165, 1.54) is 21.5 Å². The van der Waals surface area contributed by atoms with Gasteiger partial charge in [-0.1, -0.05) is 152 Å². The van der Waals surface area contributed by atoms with E-state index in [0.717, 1.165) is 94.0 Å². The summed E-state index contributed by atoms with van der Waals surface area (Å²) in [4.78, 5) is 10.6. The Labute approximate surface area is 411 Å². The summed E-state index contributed by atoms with van der Waals surface area (Å²) >= 11 is 0. The van der Waals surface area contributed by atoms with Crippen molar-refractivity contribution in [1.29, 1.82) is 5.26 Å². The molecule has 15 aromatic rings. The molecular formula is C65H38N6O. The lowest BCUT2D eigenvalue weighted by atomic mass is 9.99. The van der Waals surface area contributed by atoms with Crippen LogP contribution in [-0.2, 0) is 0 Å². The van der Waals surface area contributed by atoms with Crippen LogP contribution in [0.1, 0.15) is 5.56 Å². The maximum atomic E-state index is 10.8. The highest BCUT2D eigenvalue weighted by atomic mass is 16.3. The van der Waals surface area contributed by atoms with E-state index in [0.29, 0.717) is 28.4 Å². The molecule has 0 radical (unpaired) electrons. The van der Waals surface area contributed by atoms with Crippen molar-refractivity contribution in [2.45, 2.75) is 0 Å². The van der Waals surface area contributed by atoms with Crippen molar-refractivity contribution in [2.24, 2.45) is 0 Å². The first-order valence-corrected chi connectivity index (χ1v) is 24.1. The Kier molecular flexibility index (Phi) is 8.59. The zero-order valence-electron chi connectivity index (χ0n) is 38.5. The SMILES string of the molecule is N#Cc1c(-c2ccccc2)nc(-c2ccc(-n3c4ccc(-n5c6ccccc6c6ccccc65)cc4c4cc5c6ccccc6n(-c6ccccc6)c5cc43)c3oc4ccccc4c23)nc1-c1ccccc1. The Bertz CT molecular complexity index is 4630. The number of furan rings is 1. The molecule has 5 aromatic heterocycles. The van der Waals surface area contributed by atoms with Crippen LogP contribution in [0.15, 0.2) is 235 Å². The number of rotatable bonds is 6. The minimum Gasteiger partial charge on any atom is -0.454 e. The first-order valence-electron chi connectivity index (χ1n) is 24.1. The molecule has 7 heteroatoms. The lowest BCUT2D eigenvalue weighted by Crippen LogP contribution is -2.02. The molecule has 5 heterocycles. The second-order valence-corrected chi connectivity index (χ2v) is 18.4. The summed E-state index contributed by atoms with van der Waals surface area (Å²) in [7, 11) is 0. The van der Waals surface area contributed by atoms with Gasteiger partial charge in [0.2, 0.25) is 0 Å². The van der Waals surface area contributed by atoms with Crippen molar-refractivity contribution in [3.05, 3.63) is 236 Å². The number of benzene rings is 10. The minimum atomic E-state index is 0.422. The van der Waals surface area contributed by atoms with Crippen LogP contribution >= 0.6 is 0 Å². The van der Waals surface area contributed by atoms with Crippen LogP contribution in [0.2, 0.25) is 0 Å². The Morgan fingerprint density at radius 2 is 0.861 bits per heavy atom. The number of para-hydroxylation sites is 5. The predicted molar refractivity (Wildman–Crippen MR) is 293 cm³/mol. The molecule has 7 nitrogen and oxygen atoms in total. The standard InChI is InChI=1S/C65H38N6O/c66-39-52-62(40-18-4-1-5-19-40)67-65(68-63(52)41-20-6-2-7-21-41)48-33-35-57(64-61(48)47-27-13-17-31-60(47)72-64)71-56-34-32-43(70-53-28-14-10-24-44(53)45-25-11-15-29-54(45)70)36-49(56)51-37-50-46-26-12-16-30-55(46)69(58(50)38-59(51)71)42-22-8-3-9-23-42/h1-38H. The fourth-order valence-corrected chi connectivity index (χ4v) is 11.4. The highest BCUT2D eigenvalue weighted by Crippen LogP contribution is 2.46. The van der Waals surface area contributed by atoms with Crippen LogP contribution < -0.4 is 0 Å². The lowest BCUT2D eigenvalue weighted by molar-refractivity contribution is 0.666. The molecule has 0 fully saturated rings. The third-order valence-electron chi connectivity index (χ3n) is 14.5. The van der Waals surface area contributed by atoms with Gasteiger partial charge in [0.25, 0.3) is 0 Å². The Morgan fingerprint density at radius 1 is 0.375 bits per heavy atom. The monoisotopic (exact) mass is 918 g/mol. The number of nitrogens with zero attached hydrogens (tertiary/aromatic N) is 6. The van der Waals surface area contributed by atoms with E-state index >= 15 is 0 Å². The molecule has 334 valence electrons. The third kappa shape index (κ3) is 5.78. The average molecular weight is 919 g/mol. The number of hydrogen-bond acceptors (Lipinski definition) is 4. The molecule has 10 aromatic carbocycles. The van der Waals surface area contributed by atoms with E-state index in [-0.39, 0.29) is 0 Å². The maximum absolute atomic E-state index is 10.8. The summed E-state index contributed by atoms with van der Waals surface area (Å²) < 4.78 is 14.3. The van der Waals surface area contributed by atoms with E-state index in [9.17, 15) is 5.26 Å². The molecule has 15 rings (SSSR count). The van der Waals surface area contributed by atoms with Crippen molar-refractivity contribution >= 4 is 87.4 Å². The van der Waals surface area contributed by atoms with Gasteiger partial charge < -0.3 is 18.1 Å².